The molecule has 0 atom stereocenters. The number of rotatable bonds is 5. The van der Waals surface area contributed by atoms with Gasteiger partial charge in [-0.2, -0.15) is 4.98 Å². The fraction of sp³-hybridized carbons (Fsp3) is 0.227. The summed E-state index contributed by atoms with van der Waals surface area (Å²) >= 11 is 0. The van der Waals surface area contributed by atoms with Crippen molar-refractivity contribution in [1.82, 2.24) is 19.9 Å². The number of nitrogens with one attached hydrogen (secondary N) is 2. The van der Waals surface area contributed by atoms with E-state index in [2.05, 4.69) is 25.6 Å². The molecule has 9 nitrogen and oxygen atoms in total. The first-order chi connectivity index (χ1) is 15.5. The van der Waals surface area contributed by atoms with Crippen LogP contribution < -0.4 is 15.5 Å². The molecule has 4 rings (SSSR count). The van der Waals surface area contributed by atoms with Gasteiger partial charge >= 0.3 is 0 Å². The minimum Gasteiger partial charge on any atom is -0.337 e. The quantitative estimate of drug-likeness (QED) is 0.635. The molecule has 2 amide bonds. The Kier molecular flexibility index (Phi) is 6.20. The summed E-state index contributed by atoms with van der Waals surface area (Å²) in [4.78, 5) is 40.4. The summed E-state index contributed by atoms with van der Waals surface area (Å²) in [5.41, 5.74) is 1.72. The number of hydrogen-bond acceptors (Lipinski definition) is 7. The Balaban J connectivity index is 1.39. The van der Waals surface area contributed by atoms with E-state index in [4.69, 9.17) is 0 Å². The van der Waals surface area contributed by atoms with Crippen molar-refractivity contribution in [3.63, 3.8) is 0 Å². The number of carbonyl (C=O) groups excluding carboxylic acids is 2. The van der Waals surface area contributed by atoms with Gasteiger partial charge in [-0.3, -0.25) is 9.59 Å². The molecule has 32 heavy (non-hydrogen) atoms. The molecule has 164 valence electrons. The lowest BCUT2D eigenvalue weighted by Crippen LogP contribution is -2.49. The Morgan fingerprint density at radius 3 is 2.47 bits per heavy atom. The lowest BCUT2D eigenvalue weighted by Gasteiger charge is -2.34. The van der Waals surface area contributed by atoms with Gasteiger partial charge in [-0.05, 0) is 36.4 Å². The third kappa shape index (κ3) is 5.15. The molecule has 0 bridgehead atoms. The highest BCUT2D eigenvalue weighted by molar-refractivity contribution is 5.94. The fourth-order valence-corrected chi connectivity index (χ4v) is 3.42. The zero-order valence-electron chi connectivity index (χ0n) is 17.5. The van der Waals surface area contributed by atoms with Crippen molar-refractivity contribution < 1.29 is 14.0 Å². The van der Waals surface area contributed by atoms with E-state index in [-0.39, 0.29) is 11.8 Å². The van der Waals surface area contributed by atoms with Crippen LogP contribution in [0.15, 0.2) is 54.9 Å². The maximum absolute atomic E-state index is 13.4. The molecule has 1 saturated heterocycles. The number of amides is 2. The molecule has 0 radical (unpaired) electrons. The fourth-order valence-electron chi connectivity index (χ4n) is 3.42. The summed E-state index contributed by atoms with van der Waals surface area (Å²) in [5, 5.41) is 5.84. The van der Waals surface area contributed by atoms with Crippen LogP contribution in [-0.4, -0.2) is 57.8 Å². The van der Waals surface area contributed by atoms with E-state index < -0.39 is 5.82 Å². The van der Waals surface area contributed by atoms with E-state index in [0.717, 1.165) is 5.69 Å². The second-order valence-electron chi connectivity index (χ2n) is 7.29. The van der Waals surface area contributed by atoms with Gasteiger partial charge in [0.25, 0.3) is 5.91 Å². The van der Waals surface area contributed by atoms with Gasteiger partial charge < -0.3 is 20.4 Å². The molecule has 1 fully saturated rings. The summed E-state index contributed by atoms with van der Waals surface area (Å²) in [6.07, 6.45) is 1.42. The van der Waals surface area contributed by atoms with Crippen molar-refractivity contribution in [3.05, 3.63) is 66.2 Å². The Bertz CT molecular complexity index is 1130. The number of piperazine rings is 1. The number of halogens is 1. The van der Waals surface area contributed by atoms with Gasteiger partial charge in [0.1, 0.15) is 12.1 Å². The lowest BCUT2D eigenvalue weighted by molar-refractivity contribution is -0.114. The molecule has 1 aromatic heterocycles. The van der Waals surface area contributed by atoms with Crippen LogP contribution in [0.1, 0.15) is 17.3 Å². The van der Waals surface area contributed by atoms with Gasteiger partial charge in [-0.1, -0.05) is 12.1 Å². The summed E-state index contributed by atoms with van der Waals surface area (Å²) in [5.74, 6) is 0.0924. The molecule has 0 spiro atoms. The average molecular weight is 435 g/mol. The van der Waals surface area contributed by atoms with E-state index in [1.54, 1.807) is 23.1 Å². The zero-order valence-corrected chi connectivity index (χ0v) is 17.5. The third-order valence-corrected chi connectivity index (χ3v) is 4.92. The van der Waals surface area contributed by atoms with Crippen molar-refractivity contribution in [1.29, 1.82) is 0 Å². The number of aromatic nitrogens is 3. The molecule has 10 heteroatoms. The Morgan fingerprint density at radius 2 is 1.72 bits per heavy atom. The van der Waals surface area contributed by atoms with Gasteiger partial charge in [0.05, 0.1) is 0 Å². The van der Waals surface area contributed by atoms with E-state index in [1.807, 2.05) is 17.0 Å². The predicted molar refractivity (Wildman–Crippen MR) is 118 cm³/mol. The lowest BCUT2D eigenvalue weighted by atomic mass is 10.2. The summed E-state index contributed by atoms with van der Waals surface area (Å²) in [6, 6.07) is 12.9. The molecule has 3 aromatic rings. The molecule has 2 N–H and O–H groups in total. The molecule has 1 aliphatic rings. The van der Waals surface area contributed by atoms with Crippen LogP contribution in [0, 0.1) is 5.82 Å². The third-order valence-electron chi connectivity index (χ3n) is 4.92. The first-order valence-electron chi connectivity index (χ1n) is 10.1. The Labute approximate surface area is 184 Å². The van der Waals surface area contributed by atoms with Crippen molar-refractivity contribution >= 4 is 35.1 Å². The molecule has 0 unspecified atom stereocenters. The average Bonchev–Trinajstić information content (AvgIpc) is 2.79. The molecule has 2 heterocycles. The van der Waals surface area contributed by atoms with E-state index in [0.29, 0.717) is 49.3 Å². The zero-order chi connectivity index (χ0) is 22.5. The minimum absolute atomic E-state index is 0.153. The maximum atomic E-state index is 13.4. The first-order valence-corrected chi connectivity index (χ1v) is 10.1. The van der Waals surface area contributed by atoms with Crippen LogP contribution in [0.25, 0.3) is 0 Å². The standard InChI is InChI=1S/C22H22FN7O2/c1-15(31)26-18-6-3-7-19(13-18)27-21-24-14-25-22(28-21)30-10-8-29(9-11-30)20(32)16-4-2-5-17(23)12-16/h2-7,12-14H,8-11H2,1H3,(H,26,31)(H,24,25,27,28). The van der Waals surface area contributed by atoms with Crippen LogP contribution in [-0.2, 0) is 4.79 Å². The Hall–Kier alpha value is -4.08. The van der Waals surface area contributed by atoms with Crippen LogP contribution in [0.4, 0.5) is 27.7 Å². The van der Waals surface area contributed by atoms with E-state index in [1.165, 1.54) is 31.5 Å². The highest BCUT2D eigenvalue weighted by atomic mass is 19.1. The maximum Gasteiger partial charge on any atom is 0.254 e. The molecule has 0 aliphatic carbocycles. The van der Waals surface area contributed by atoms with Gasteiger partial charge in [0.15, 0.2) is 0 Å². The van der Waals surface area contributed by atoms with Gasteiger partial charge in [-0.15, -0.1) is 0 Å². The van der Waals surface area contributed by atoms with Crippen LogP contribution in [0.3, 0.4) is 0 Å². The molecule has 0 saturated carbocycles. The number of anilines is 4. The first kappa shape index (κ1) is 21.2. The smallest absolute Gasteiger partial charge is 0.254 e. The predicted octanol–water partition coefficient (Wildman–Crippen LogP) is 2.68. The van der Waals surface area contributed by atoms with Gasteiger partial charge in [0.2, 0.25) is 17.8 Å². The number of nitrogens with zero attached hydrogens (tertiary/aromatic N) is 5. The monoisotopic (exact) mass is 435 g/mol. The largest absolute Gasteiger partial charge is 0.337 e. The molecule has 1 aliphatic heterocycles. The second-order valence-corrected chi connectivity index (χ2v) is 7.29. The number of hydrogen-bond donors (Lipinski definition) is 2. The van der Waals surface area contributed by atoms with Crippen molar-refractivity contribution in [2.75, 3.05) is 41.7 Å². The van der Waals surface area contributed by atoms with E-state index >= 15 is 0 Å². The Morgan fingerprint density at radius 1 is 0.969 bits per heavy atom. The van der Waals surface area contributed by atoms with Crippen molar-refractivity contribution in [3.8, 4) is 0 Å². The minimum atomic E-state index is -0.428. The highest BCUT2D eigenvalue weighted by Gasteiger charge is 2.24. The van der Waals surface area contributed by atoms with Gasteiger partial charge in [0, 0.05) is 50.0 Å². The summed E-state index contributed by atoms with van der Waals surface area (Å²) < 4.78 is 13.4. The van der Waals surface area contributed by atoms with E-state index in [9.17, 15) is 14.0 Å². The second kappa shape index (κ2) is 9.38. The van der Waals surface area contributed by atoms with Crippen LogP contribution >= 0.6 is 0 Å². The van der Waals surface area contributed by atoms with Crippen LogP contribution in [0.2, 0.25) is 0 Å². The van der Waals surface area contributed by atoms with Crippen LogP contribution in [0.5, 0.6) is 0 Å². The van der Waals surface area contributed by atoms with Crippen molar-refractivity contribution in [2.24, 2.45) is 0 Å². The SMILES string of the molecule is CC(=O)Nc1cccc(Nc2ncnc(N3CCN(C(=O)c4cccc(F)c4)CC3)n2)c1. The van der Waals surface area contributed by atoms with Gasteiger partial charge in [-0.25, -0.2) is 14.4 Å². The number of benzene rings is 2. The molecule has 2 aromatic carbocycles. The highest BCUT2D eigenvalue weighted by Crippen LogP contribution is 2.20. The summed E-state index contributed by atoms with van der Waals surface area (Å²) in [7, 11) is 0. The van der Waals surface area contributed by atoms with Crippen molar-refractivity contribution in [2.45, 2.75) is 6.92 Å². The molecular formula is C22H22FN7O2. The summed E-state index contributed by atoms with van der Waals surface area (Å²) in [6.45, 7) is 3.49. The molecular weight excluding hydrogens is 413 g/mol. The normalized spacial score (nSPS) is 13.6. The topological polar surface area (TPSA) is 103 Å². The number of carbonyl (C=O) groups is 2.